The summed E-state index contributed by atoms with van der Waals surface area (Å²) in [6.45, 7) is 0. The number of alkyl halides is 3. The molecule has 2 aromatic rings. The van der Waals surface area contributed by atoms with Crippen LogP contribution in [0.15, 0.2) is 54.7 Å². The highest BCUT2D eigenvalue weighted by molar-refractivity contribution is 5.72. The summed E-state index contributed by atoms with van der Waals surface area (Å²) in [5.74, 6) is 0.665. The zero-order valence-electron chi connectivity index (χ0n) is 12.0. The molecule has 0 unspecified atom stereocenters. The number of rotatable bonds is 4. The molecule has 2 aromatic carbocycles. The minimum atomic E-state index is -4.80. The third-order valence-electron chi connectivity index (χ3n) is 3.16. The summed E-state index contributed by atoms with van der Waals surface area (Å²) in [5.41, 5.74) is -0.0570. The van der Waals surface area contributed by atoms with Gasteiger partial charge in [0.2, 0.25) is 6.20 Å². The van der Waals surface area contributed by atoms with Gasteiger partial charge in [0.15, 0.2) is 0 Å². The first-order valence-corrected chi connectivity index (χ1v) is 6.48. The molecule has 2 rings (SSSR count). The zero-order valence-corrected chi connectivity index (χ0v) is 12.0. The number of methoxy groups -OCH3 is 1. The first kappa shape index (κ1) is 16.5. The molecular weight excluding hydrogens is 311 g/mol. The molecule has 0 aliphatic carbocycles. The van der Waals surface area contributed by atoms with Gasteiger partial charge in [-0.1, -0.05) is 36.4 Å². The molecule has 0 saturated carbocycles. The predicted molar refractivity (Wildman–Crippen MR) is 79.5 cm³/mol. The van der Waals surface area contributed by atoms with Crippen LogP contribution in [0.25, 0.3) is 16.7 Å². The summed E-state index contributed by atoms with van der Waals surface area (Å²) in [7, 11) is 1.53. The van der Waals surface area contributed by atoms with E-state index in [1.54, 1.807) is 24.3 Å². The fourth-order valence-corrected chi connectivity index (χ4v) is 2.04. The predicted octanol–water partition coefficient (Wildman–Crippen LogP) is 4.54. The summed E-state index contributed by atoms with van der Waals surface area (Å²) in [6.07, 6.45) is -4.82. The third kappa shape index (κ3) is 4.09. The molecule has 120 valence electrons. The molecule has 23 heavy (non-hydrogen) atoms. The molecule has 0 aromatic heterocycles. The van der Waals surface area contributed by atoms with Gasteiger partial charge in [-0.3, -0.25) is 10.1 Å². The van der Waals surface area contributed by atoms with Crippen LogP contribution in [0.1, 0.15) is 5.56 Å². The van der Waals surface area contributed by atoms with E-state index < -0.39 is 16.7 Å². The first-order chi connectivity index (χ1) is 10.8. The molecule has 7 heteroatoms. The Labute approximate surface area is 130 Å². The fraction of sp³-hybridized carbons (Fsp3) is 0.125. The normalized spacial score (nSPS) is 12.1. The van der Waals surface area contributed by atoms with Crippen LogP contribution in [-0.4, -0.2) is 18.2 Å². The Morgan fingerprint density at radius 3 is 1.91 bits per heavy atom. The number of nitro groups is 1. The molecule has 0 spiro atoms. The van der Waals surface area contributed by atoms with Crippen LogP contribution in [0, 0.1) is 10.1 Å². The molecule has 0 radical (unpaired) electrons. The molecule has 0 amide bonds. The van der Waals surface area contributed by atoms with Crippen LogP contribution in [-0.2, 0) is 0 Å². The van der Waals surface area contributed by atoms with Gasteiger partial charge in [0.05, 0.1) is 12.0 Å². The Morgan fingerprint density at radius 2 is 1.52 bits per heavy atom. The van der Waals surface area contributed by atoms with Crippen LogP contribution in [0.2, 0.25) is 0 Å². The number of allylic oxidation sites excluding steroid dienone is 1. The van der Waals surface area contributed by atoms with Crippen molar-refractivity contribution in [3.63, 3.8) is 0 Å². The van der Waals surface area contributed by atoms with Gasteiger partial charge in [0.1, 0.15) is 11.3 Å². The van der Waals surface area contributed by atoms with Gasteiger partial charge >= 0.3 is 6.18 Å². The van der Waals surface area contributed by atoms with Crippen molar-refractivity contribution in [1.29, 1.82) is 0 Å². The molecule has 0 aliphatic rings. The second-order valence-corrected chi connectivity index (χ2v) is 4.63. The van der Waals surface area contributed by atoms with Crippen molar-refractivity contribution in [3.05, 3.63) is 70.4 Å². The lowest BCUT2D eigenvalue weighted by Gasteiger charge is -2.10. The number of nitrogens with zero attached hydrogens (tertiary/aromatic N) is 1. The van der Waals surface area contributed by atoms with E-state index in [2.05, 4.69) is 0 Å². The number of hydrogen-bond acceptors (Lipinski definition) is 3. The molecular formula is C16H12F3NO3. The zero-order chi connectivity index (χ0) is 17.0. The minimum Gasteiger partial charge on any atom is -0.497 e. The van der Waals surface area contributed by atoms with Crippen molar-refractivity contribution in [1.82, 2.24) is 0 Å². The molecule has 0 saturated heterocycles. The lowest BCUT2D eigenvalue weighted by atomic mass is 10.0. The second kappa shape index (κ2) is 6.51. The van der Waals surface area contributed by atoms with Gasteiger partial charge in [-0.15, -0.1) is 0 Å². The highest BCUT2D eigenvalue weighted by atomic mass is 19.4. The number of benzene rings is 2. The highest BCUT2D eigenvalue weighted by Crippen LogP contribution is 2.34. The van der Waals surface area contributed by atoms with Crippen molar-refractivity contribution in [2.75, 3.05) is 7.11 Å². The molecule has 0 N–H and O–H groups in total. The van der Waals surface area contributed by atoms with Crippen molar-refractivity contribution < 1.29 is 22.8 Å². The summed E-state index contributed by atoms with van der Waals surface area (Å²) in [4.78, 5) is 9.28. The SMILES string of the molecule is COc1ccc(-c2ccc(C(=C[N+](=O)[O-])C(F)(F)F)cc2)cc1. The maximum Gasteiger partial charge on any atom is 0.422 e. The number of hydrogen-bond donors (Lipinski definition) is 0. The topological polar surface area (TPSA) is 52.4 Å². The fourth-order valence-electron chi connectivity index (χ4n) is 2.04. The van der Waals surface area contributed by atoms with Gasteiger partial charge in [0.25, 0.3) is 0 Å². The van der Waals surface area contributed by atoms with Gasteiger partial charge in [0, 0.05) is 0 Å². The number of ether oxygens (including phenoxy) is 1. The Bertz CT molecular complexity index is 720. The van der Waals surface area contributed by atoms with E-state index in [9.17, 15) is 23.3 Å². The van der Waals surface area contributed by atoms with E-state index in [0.717, 1.165) is 5.56 Å². The van der Waals surface area contributed by atoms with E-state index in [4.69, 9.17) is 4.74 Å². The quantitative estimate of drug-likeness (QED) is 0.613. The number of halogens is 3. The second-order valence-electron chi connectivity index (χ2n) is 4.63. The summed E-state index contributed by atoms with van der Waals surface area (Å²) < 4.78 is 43.7. The Balaban J connectivity index is 2.35. The summed E-state index contributed by atoms with van der Waals surface area (Å²) in [5, 5.41) is 10.4. The smallest absolute Gasteiger partial charge is 0.422 e. The third-order valence-corrected chi connectivity index (χ3v) is 3.16. The van der Waals surface area contributed by atoms with Crippen LogP contribution >= 0.6 is 0 Å². The Kier molecular flexibility index (Phi) is 4.68. The van der Waals surface area contributed by atoms with Gasteiger partial charge < -0.3 is 4.74 Å². The summed E-state index contributed by atoms with van der Waals surface area (Å²) >= 11 is 0. The average Bonchev–Trinajstić information content (AvgIpc) is 2.52. The van der Waals surface area contributed by atoms with E-state index in [1.165, 1.54) is 31.4 Å². The van der Waals surface area contributed by atoms with Gasteiger partial charge in [-0.05, 0) is 28.8 Å². The van der Waals surface area contributed by atoms with Crippen molar-refractivity contribution in [2.45, 2.75) is 6.18 Å². The summed E-state index contributed by atoms with van der Waals surface area (Å²) in [6, 6.07) is 12.4. The lowest BCUT2D eigenvalue weighted by molar-refractivity contribution is -0.402. The molecule has 0 bridgehead atoms. The minimum absolute atomic E-state index is 0.0254. The van der Waals surface area contributed by atoms with E-state index in [1.807, 2.05) is 0 Å². The molecule has 0 aliphatic heterocycles. The maximum atomic E-state index is 12.9. The largest absolute Gasteiger partial charge is 0.497 e. The molecule has 0 heterocycles. The highest BCUT2D eigenvalue weighted by Gasteiger charge is 2.37. The molecule has 4 nitrogen and oxygen atoms in total. The standard InChI is InChI=1S/C16H12F3NO3/c1-23-14-8-6-12(7-9-14)11-2-4-13(5-3-11)15(10-20(21)22)16(17,18)19/h2-10H,1H3. The maximum absolute atomic E-state index is 12.9. The van der Waals surface area contributed by atoms with Crippen LogP contribution < -0.4 is 4.74 Å². The Morgan fingerprint density at radius 1 is 1.04 bits per heavy atom. The van der Waals surface area contributed by atoms with Crippen LogP contribution in [0.4, 0.5) is 13.2 Å². The molecule has 0 atom stereocenters. The van der Waals surface area contributed by atoms with Crippen LogP contribution in [0.3, 0.4) is 0 Å². The Hall–Kier alpha value is -2.83. The van der Waals surface area contributed by atoms with E-state index in [-0.39, 0.29) is 11.8 Å². The lowest BCUT2D eigenvalue weighted by Crippen LogP contribution is -2.12. The van der Waals surface area contributed by atoms with Gasteiger partial charge in [-0.25, -0.2) is 0 Å². The molecule has 0 fully saturated rings. The van der Waals surface area contributed by atoms with Gasteiger partial charge in [-0.2, -0.15) is 13.2 Å². The van der Waals surface area contributed by atoms with Crippen molar-refractivity contribution in [3.8, 4) is 16.9 Å². The monoisotopic (exact) mass is 323 g/mol. The van der Waals surface area contributed by atoms with Crippen LogP contribution in [0.5, 0.6) is 5.75 Å². The van der Waals surface area contributed by atoms with Crippen molar-refractivity contribution in [2.24, 2.45) is 0 Å². The van der Waals surface area contributed by atoms with E-state index in [0.29, 0.717) is 11.3 Å². The first-order valence-electron chi connectivity index (χ1n) is 6.48. The van der Waals surface area contributed by atoms with Crippen molar-refractivity contribution >= 4 is 5.57 Å². The van der Waals surface area contributed by atoms with E-state index >= 15 is 0 Å². The average molecular weight is 323 g/mol.